The molecule has 1 rings (SSSR count). The van der Waals surface area contributed by atoms with E-state index in [9.17, 15) is 8.42 Å². The SMILES string of the molecule is COc1cccc(OC)c1S(C)(=O)=O. The Kier molecular flexibility index (Phi) is 3.00. The Morgan fingerprint density at radius 2 is 1.50 bits per heavy atom. The smallest absolute Gasteiger partial charge is 0.182 e. The number of hydrogen-bond donors (Lipinski definition) is 0. The molecule has 5 heteroatoms. The largest absolute Gasteiger partial charge is 0.495 e. The Morgan fingerprint density at radius 1 is 1.07 bits per heavy atom. The third-order valence-corrected chi connectivity index (χ3v) is 2.90. The van der Waals surface area contributed by atoms with E-state index in [0.29, 0.717) is 11.5 Å². The average Bonchev–Trinajstić information content (AvgIpc) is 2.15. The van der Waals surface area contributed by atoms with Crippen molar-refractivity contribution in [1.29, 1.82) is 0 Å². The average molecular weight is 216 g/mol. The summed E-state index contributed by atoms with van der Waals surface area (Å²) in [5, 5.41) is 0. The van der Waals surface area contributed by atoms with Gasteiger partial charge >= 0.3 is 0 Å². The van der Waals surface area contributed by atoms with Crippen molar-refractivity contribution < 1.29 is 17.9 Å². The highest BCUT2D eigenvalue weighted by atomic mass is 32.2. The summed E-state index contributed by atoms with van der Waals surface area (Å²) in [6, 6.07) is 4.84. The fourth-order valence-electron chi connectivity index (χ4n) is 1.18. The molecule has 1 aromatic rings. The van der Waals surface area contributed by atoms with E-state index in [2.05, 4.69) is 0 Å². The van der Waals surface area contributed by atoms with Gasteiger partial charge in [-0.25, -0.2) is 8.42 Å². The minimum absolute atomic E-state index is 0.0880. The molecule has 0 amide bonds. The lowest BCUT2D eigenvalue weighted by molar-refractivity contribution is 0.373. The van der Waals surface area contributed by atoms with Gasteiger partial charge in [-0.05, 0) is 12.1 Å². The number of methoxy groups -OCH3 is 2. The van der Waals surface area contributed by atoms with Crippen molar-refractivity contribution in [3.8, 4) is 11.5 Å². The molecule has 0 atom stereocenters. The van der Waals surface area contributed by atoms with E-state index >= 15 is 0 Å². The van der Waals surface area contributed by atoms with Crippen LogP contribution >= 0.6 is 0 Å². The molecule has 0 aromatic heterocycles. The molecule has 0 spiro atoms. The molecular formula is C9H12O4S. The summed E-state index contributed by atoms with van der Waals surface area (Å²) in [6.45, 7) is 0. The van der Waals surface area contributed by atoms with Gasteiger partial charge in [0, 0.05) is 6.26 Å². The van der Waals surface area contributed by atoms with Crippen molar-refractivity contribution >= 4 is 9.84 Å². The molecule has 78 valence electrons. The summed E-state index contributed by atoms with van der Waals surface area (Å²) < 4.78 is 32.8. The summed E-state index contributed by atoms with van der Waals surface area (Å²) in [4.78, 5) is 0.0880. The van der Waals surface area contributed by atoms with Gasteiger partial charge in [-0.3, -0.25) is 0 Å². The van der Waals surface area contributed by atoms with E-state index in [1.165, 1.54) is 14.2 Å². The summed E-state index contributed by atoms with van der Waals surface area (Å²) in [5.41, 5.74) is 0. The van der Waals surface area contributed by atoms with Gasteiger partial charge in [0.25, 0.3) is 0 Å². The third-order valence-electron chi connectivity index (χ3n) is 1.75. The lowest BCUT2D eigenvalue weighted by Crippen LogP contribution is -2.03. The second kappa shape index (κ2) is 3.88. The van der Waals surface area contributed by atoms with Gasteiger partial charge in [0.15, 0.2) is 14.7 Å². The first kappa shape index (κ1) is 10.8. The van der Waals surface area contributed by atoms with E-state index in [1.54, 1.807) is 18.2 Å². The van der Waals surface area contributed by atoms with Gasteiger partial charge in [0.2, 0.25) is 0 Å². The molecule has 0 heterocycles. The number of sulfone groups is 1. The van der Waals surface area contributed by atoms with Crippen LogP contribution in [0.2, 0.25) is 0 Å². The van der Waals surface area contributed by atoms with Gasteiger partial charge in [-0.15, -0.1) is 0 Å². The van der Waals surface area contributed by atoms with Crippen LogP contribution in [0.3, 0.4) is 0 Å². The van der Waals surface area contributed by atoms with Gasteiger partial charge < -0.3 is 9.47 Å². The first-order valence-corrected chi connectivity index (χ1v) is 5.81. The fraction of sp³-hybridized carbons (Fsp3) is 0.333. The molecule has 0 aliphatic heterocycles. The first-order valence-electron chi connectivity index (χ1n) is 3.91. The van der Waals surface area contributed by atoms with Crippen LogP contribution in [0, 0.1) is 0 Å². The monoisotopic (exact) mass is 216 g/mol. The lowest BCUT2D eigenvalue weighted by Gasteiger charge is -2.10. The van der Waals surface area contributed by atoms with Crippen molar-refractivity contribution in [1.82, 2.24) is 0 Å². The molecule has 0 unspecified atom stereocenters. The van der Waals surface area contributed by atoms with Crippen molar-refractivity contribution in [2.24, 2.45) is 0 Å². The Labute approximate surface area is 83.4 Å². The molecule has 1 aromatic carbocycles. The van der Waals surface area contributed by atoms with Gasteiger partial charge in [-0.2, -0.15) is 0 Å². The van der Waals surface area contributed by atoms with Crippen LogP contribution < -0.4 is 9.47 Å². The zero-order valence-corrected chi connectivity index (χ0v) is 9.09. The number of rotatable bonds is 3. The van der Waals surface area contributed by atoms with E-state index in [0.717, 1.165) is 6.26 Å². The molecule has 4 nitrogen and oxygen atoms in total. The maximum atomic E-state index is 11.4. The lowest BCUT2D eigenvalue weighted by atomic mass is 10.3. The molecule has 0 fully saturated rings. The maximum absolute atomic E-state index is 11.4. The second-order valence-corrected chi connectivity index (χ2v) is 4.72. The summed E-state index contributed by atoms with van der Waals surface area (Å²) >= 11 is 0. The Balaban J connectivity index is 3.50. The van der Waals surface area contributed by atoms with Crippen LogP contribution in [0.1, 0.15) is 0 Å². The number of benzene rings is 1. The van der Waals surface area contributed by atoms with E-state index in [4.69, 9.17) is 9.47 Å². The predicted molar refractivity (Wildman–Crippen MR) is 52.7 cm³/mol. The Morgan fingerprint density at radius 3 is 1.79 bits per heavy atom. The molecule has 0 saturated heterocycles. The zero-order chi connectivity index (χ0) is 10.8. The van der Waals surface area contributed by atoms with Crippen LogP contribution in [0.4, 0.5) is 0 Å². The molecule has 0 radical (unpaired) electrons. The van der Waals surface area contributed by atoms with Crippen LogP contribution in [-0.4, -0.2) is 28.9 Å². The summed E-state index contributed by atoms with van der Waals surface area (Å²) in [7, 11) is -0.498. The second-order valence-electron chi connectivity index (χ2n) is 2.76. The van der Waals surface area contributed by atoms with Crippen molar-refractivity contribution in [2.75, 3.05) is 20.5 Å². The Bertz CT molecular complexity index is 400. The van der Waals surface area contributed by atoms with Crippen molar-refractivity contribution in [3.05, 3.63) is 18.2 Å². The fourth-order valence-corrected chi connectivity index (χ4v) is 2.22. The van der Waals surface area contributed by atoms with Gasteiger partial charge in [0.1, 0.15) is 11.5 Å². The number of ether oxygens (including phenoxy) is 2. The molecule has 0 N–H and O–H groups in total. The quantitative estimate of drug-likeness (QED) is 0.759. The Hall–Kier alpha value is -1.23. The first-order chi connectivity index (χ1) is 6.50. The van der Waals surface area contributed by atoms with Gasteiger partial charge in [-0.1, -0.05) is 6.07 Å². The molecular weight excluding hydrogens is 204 g/mol. The predicted octanol–water partition coefficient (Wildman–Crippen LogP) is 1.11. The minimum Gasteiger partial charge on any atom is -0.495 e. The summed E-state index contributed by atoms with van der Waals surface area (Å²) in [5.74, 6) is 0.596. The van der Waals surface area contributed by atoms with Crippen LogP contribution in [-0.2, 0) is 9.84 Å². The van der Waals surface area contributed by atoms with Crippen molar-refractivity contribution in [2.45, 2.75) is 4.90 Å². The highest BCUT2D eigenvalue weighted by Gasteiger charge is 2.19. The highest BCUT2D eigenvalue weighted by Crippen LogP contribution is 2.32. The molecule has 0 saturated carbocycles. The third kappa shape index (κ3) is 1.98. The molecule has 14 heavy (non-hydrogen) atoms. The molecule has 0 aliphatic rings. The topological polar surface area (TPSA) is 52.6 Å². The highest BCUT2D eigenvalue weighted by molar-refractivity contribution is 7.91. The molecule has 0 aliphatic carbocycles. The number of hydrogen-bond acceptors (Lipinski definition) is 4. The normalized spacial score (nSPS) is 11.1. The van der Waals surface area contributed by atoms with E-state index < -0.39 is 9.84 Å². The van der Waals surface area contributed by atoms with E-state index in [1.807, 2.05) is 0 Å². The van der Waals surface area contributed by atoms with Gasteiger partial charge in [0.05, 0.1) is 14.2 Å². The van der Waals surface area contributed by atoms with Crippen LogP contribution in [0.25, 0.3) is 0 Å². The van der Waals surface area contributed by atoms with Crippen LogP contribution in [0.5, 0.6) is 11.5 Å². The molecule has 0 bridgehead atoms. The van der Waals surface area contributed by atoms with Crippen LogP contribution in [0.15, 0.2) is 23.1 Å². The van der Waals surface area contributed by atoms with E-state index in [-0.39, 0.29) is 4.90 Å². The maximum Gasteiger partial charge on any atom is 0.182 e. The summed E-state index contributed by atoms with van der Waals surface area (Å²) in [6.07, 6.45) is 1.12. The standard InChI is InChI=1S/C9H12O4S/c1-12-7-5-4-6-8(13-2)9(7)14(3,10)11/h4-6H,1-3H3. The van der Waals surface area contributed by atoms with Crippen molar-refractivity contribution in [3.63, 3.8) is 0 Å². The minimum atomic E-state index is -3.34. The zero-order valence-electron chi connectivity index (χ0n) is 8.27.